The molecule has 0 unspecified atom stereocenters. The van der Waals surface area contributed by atoms with Crippen molar-refractivity contribution in [2.75, 3.05) is 13.2 Å². The van der Waals surface area contributed by atoms with Crippen molar-refractivity contribution in [2.45, 2.75) is 18.1 Å². The summed E-state index contributed by atoms with van der Waals surface area (Å²) in [6, 6.07) is 0. The van der Waals surface area contributed by atoms with Gasteiger partial charge in [0.25, 0.3) is 0 Å². The molecule has 0 radical (unpaired) electrons. The van der Waals surface area contributed by atoms with E-state index in [9.17, 15) is 0 Å². The van der Waals surface area contributed by atoms with Crippen LogP contribution in [0, 0.1) is 12.3 Å². The highest BCUT2D eigenvalue weighted by Crippen LogP contribution is 2.19. The third-order valence-corrected chi connectivity index (χ3v) is 1.73. The summed E-state index contributed by atoms with van der Waals surface area (Å²) in [5.41, 5.74) is 0. The number of terminal acetylenes is 1. The maximum atomic E-state index is 5.80. The molecule has 2 atom stereocenters. The zero-order valence-electron chi connectivity index (χ0n) is 5.55. The fourth-order valence-electron chi connectivity index (χ4n) is 0.820. The van der Waals surface area contributed by atoms with E-state index in [1.807, 2.05) is 0 Å². The van der Waals surface area contributed by atoms with Crippen molar-refractivity contribution in [3.05, 3.63) is 0 Å². The van der Waals surface area contributed by atoms with Crippen LogP contribution in [0.5, 0.6) is 0 Å². The maximum Gasteiger partial charge on any atom is 0.175 e. The van der Waals surface area contributed by atoms with Gasteiger partial charge in [0.05, 0.1) is 12.0 Å². The zero-order chi connectivity index (χ0) is 7.40. The molecule has 0 N–H and O–H groups in total. The van der Waals surface area contributed by atoms with Crippen LogP contribution in [0.25, 0.3) is 0 Å². The van der Waals surface area contributed by atoms with Gasteiger partial charge in [-0.05, 0) is 6.42 Å². The smallest absolute Gasteiger partial charge is 0.175 e. The van der Waals surface area contributed by atoms with Gasteiger partial charge in [0.1, 0.15) is 6.61 Å². The van der Waals surface area contributed by atoms with E-state index in [2.05, 4.69) is 5.92 Å². The summed E-state index contributed by atoms with van der Waals surface area (Å²) in [5.74, 6) is 2.35. The Hall–Kier alpha value is -0.230. The van der Waals surface area contributed by atoms with E-state index in [0.29, 0.717) is 6.61 Å². The molecule has 0 aromatic heterocycles. The maximum absolute atomic E-state index is 5.80. The van der Waals surface area contributed by atoms with Crippen LogP contribution in [0.3, 0.4) is 0 Å². The molecule has 1 fully saturated rings. The predicted octanol–water partition coefficient (Wildman–Crippen LogP) is 0.990. The van der Waals surface area contributed by atoms with E-state index in [1.165, 1.54) is 0 Å². The van der Waals surface area contributed by atoms with E-state index < -0.39 is 0 Å². The normalized spacial score (nSPS) is 32.0. The van der Waals surface area contributed by atoms with Crippen LogP contribution in [0.2, 0.25) is 0 Å². The van der Waals surface area contributed by atoms with Gasteiger partial charge >= 0.3 is 0 Å². The van der Waals surface area contributed by atoms with Gasteiger partial charge in [-0.25, -0.2) is 0 Å². The lowest BCUT2D eigenvalue weighted by atomic mass is 10.3. The summed E-state index contributed by atoms with van der Waals surface area (Å²) in [4.78, 5) is 0. The monoisotopic (exact) mass is 160 g/mol. The zero-order valence-corrected chi connectivity index (χ0v) is 6.30. The first-order chi connectivity index (χ1) is 4.84. The Bertz CT molecular complexity index is 141. The van der Waals surface area contributed by atoms with Gasteiger partial charge in [-0.2, -0.15) is 0 Å². The molecule has 1 heterocycles. The number of hydrogen-bond donors (Lipinski definition) is 0. The Labute approximate surface area is 65.5 Å². The van der Waals surface area contributed by atoms with Gasteiger partial charge in [-0.15, -0.1) is 18.0 Å². The summed E-state index contributed by atoms with van der Waals surface area (Å²) < 4.78 is 10.2. The minimum Gasteiger partial charge on any atom is -0.351 e. The molecule has 0 spiro atoms. The molecule has 10 heavy (non-hydrogen) atoms. The molecule has 0 bridgehead atoms. The SMILES string of the molecule is C#CCO[C@H]1OCC[C@@H]1Cl. The van der Waals surface area contributed by atoms with Crippen LogP contribution in [0.15, 0.2) is 0 Å². The van der Waals surface area contributed by atoms with Crippen LogP contribution >= 0.6 is 11.6 Å². The first-order valence-corrected chi connectivity index (χ1v) is 3.59. The third kappa shape index (κ3) is 1.88. The second-order valence-electron chi connectivity index (χ2n) is 2.06. The Kier molecular flexibility index (Phi) is 3.01. The Balaban J connectivity index is 2.21. The predicted molar refractivity (Wildman–Crippen MR) is 38.8 cm³/mol. The second-order valence-corrected chi connectivity index (χ2v) is 2.62. The van der Waals surface area contributed by atoms with Gasteiger partial charge in [0, 0.05) is 0 Å². The first-order valence-electron chi connectivity index (χ1n) is 3.15. The average Bonchev–Trinajstić information content (AvgIpc) is 2.31. The molecule has 0 saturated carbocycles. The number of rotatable bonds is 2. The van der Waals surface area contributed by atoms with Crippen molar-refractivity contribution >= 4 is 11.6 Å². The van der Waals surface area contributed by atoms with Crippen LogP contribution in [-0.2, 0) is 9.47 Å². The molecule has 2 nitrogen and oxygen atoms in total. The van der Waals surface area contributed by atoms with Crippen LogP contribution in [0.1, 0.15) is 6.42 Å². The standard InChI is InChI=1S/C7H9ClO2/c1-2-4-9-7-6(8)3-5-10-7/h1,6-7H,3-5H2/t6-,7-/m0/s1. The Morgan fingerprint density at radius 3 is 3.10 bits per heavy atom. The average molecular weight is 161 g/mol. The quantitative estimate of drug-likeness (QED) is 0.443. The van der Waals surface area contributed by atoms with Crippen LogP contribution < -0.4 is 0 Å². The van der Waals surface area contributed by atoms with Gasteiger partial charge in [0.2, 0.25) is 0 Å². The minimum atomic E-state index is -0.294. The largest absolute Gasteiger partial charge is 0.351 e. The first kappa shape index (κ1) is 7.87. The summed E-state index contributed by atoms with van der Waals surface area (Å²) >= 11 is 5.80. The molecule has 0 aromatic rings. The van der Waals surface area contributed by atoms with E-state index >= 15 is 0 Å². The highest BCUT2D eigenvalue weighted by atomic mass is 35.5. The molecule has 1 aliphatic heterocycles. The van der Waals surface area contributed by atoms with Gasteiger partial charge in [-0.1, -0.05) is 5.92 Å². The molecule has 3 heteroatoms. The Morgan fingerprint density at radius 1 is 1.80 bits per heavy atom. The van der Waals surface area contributed by atoms with Gasteiger partial charge in [0.15, 0.2) is 6.29 Å². The topological polar surface area (TPSA) is 18.5 Å². The number of alkyl halides is 1. The van der Waals surface area contributed by atoms with E-state index in [1.54, 1.807) is 0 Å². The van der Waals surface area contributed by atoms with Crippen LogP contribution in [-0.4, -0.2) is 24.9 Å². The summed E-state index contributed by atoms with van der Waals surface area (Å²) in [6.45, 7) is 0.942. The molecule has 1 aliphatic rings. The van der Waals surface area contributed by atoms with E-state index in [-0.39, 0.29) is 18.3 Å². The fourth-order valence-corrected chi connectivity index (χ4v) is 1.05. The molecule has 0 amide bonds. The summed E-state index contributed by atoms with van der Waals surface area (Å²) in [7, 11) is 0. The summed E-state index contributed by atoms with van der Waals surface area (Å²) in [5, 5.41) is -0.0339. The molecule has 1 rings (SSSR count). The fraction of sp³-hybridized carbons (Fsp3) is 0.714. The Morgan fingerprint density at radius 2 is 2.60 bits per heavy atom. The second kappa shape index (κ2) is 3.82. The summed E-state index contributed by atoms with van der Waals surface area (Å²) in [6.07, 6.45) is 5.53. The molecule has 1 saturated heterocycles. The number of halogens is 1. The molecule has 0 aliphatic carbocycles. The van der Waals surface area contributed by atoms with Crippen molar-refractivity contribution in [1.29, 1.82) is 0 Å². The molecular formula is C7H9ClO2. The van der Waals surface area contributed by atoms with Crippen molar-refractivity contribution in [1.82, 2.24) is 0 Å². The van der Waals surface area contributed by atoms with E-state index in [4.69, 9.17) is 27.5 Å². The molecule has 56 valence electrons. The lowest BCUT2D eigenvalue weighted by Gasteiger charge is -2.11. The lowest BCUT2D eigenvalue weighted by Crippen LogP contribution is -2.19. The van der Waals surface area contributed by atoms with E-state index in [0.717, 1.165) is 6.42 Å². The highest BCUT2D eigenvalue weighted by Gasteiger charge is 2.26. The number of ether oxygens (including phenoxy) is 2. The minimum absolute atomic E-state index is 0.0339. The van der Waals surface area contributed by atoms with Crippen molar-refractivity contribution < 1.29 is 9.47 Å². The van der Waals surface area contributed by atoms with Crippen LogP contribution in [0.4, 0.5) is 0 Å². The lowest BCUT2D eigenvalue weighted by molar-refractivity contribution is -0.0978. The molecular weight excluding hydrogens is 152 g/mol. The van der Waals surface area contributed by atoms with Crippen molar-refractivity contribution in [2.24, 2.45) is 0 Å². The van der Waals surface area contributed by atoms with Gasteiger partial charge < -0.3 is 9.47 Å². The molecule has 0 aromatic carbocycles. The highest BCUT2D eigenvalue weighted by molar-refractivity contribution is 6.21. The van der Waals surface area contributed by atoms with Crippen molar-refractivity contribution in [3.8, 4) is 12.3 Å². The third-order valence-electron chi connectivity index (χ3n) is 1.30. The van der Waals surface area contributed by atoms with Crippen molar-refractivity contribution in [3.63, 3.8) is 0 Å². The number of hydrogen-bond acceptors (Lipinski definition) is 2. The van der Waals surface area contributed by atoms with Gasteiger partial charge in [-0.3, -0.25) is 0 Å².